The summed E-state index contributed by atoms with van der Waals surface area (Å²) in [4.78, 5) is 20.9. The van der Waals surface area contributed by atoms with Crippen LogP contribution in [0.15, 0.2) is 48.5 Å². The molecule has 2 aromatic carbocycles. The Hall–Kier alpha value is -2.53. The van der Waals surface area contributed by atoms with Crippen LogP contribution < -0.4 is 44.1 Å². The van der Waals surface area contributed by atoms with E-state index in [4.69, 9.17) is 9.84 Å². The molecule has 1 aliphatic heterocycles. The summed E-state index contributed by atoms with van der Waals surface area (Å²) in [6.07, 6.45) is 0. The van der Waals surface area contributed by atoms with Gasteiger partial charge in [0.2, 0.25) is 5.88 Å². The number of rotatable bonds is 5. The Labute approximate surface area is 225 Å². The molecule has 4 rings (SSSR count). The van der Waals surface area contributed by atoms with Gasteiger partial charge in [-0.1, -0.05) is 14.5 Å². The number of pyridine rings is 1. The van der Waals surface area contributed by atoms with Gasteiger partial charge in [-0.05, 0) is 55.8 Å². The summed E-state index contributed by atoms with van der Waals surface area (Å²) in [6.45, 7) is 2.06. The van der Waals surface area contributed by atoms with Crippen molar-refractivity contribution in [2.75, 3.05) is 30.2 Å². The second kappa shape index (κ2) is 11.0. The molecule has 0 fully saturated rings. The van der Waals surface area contributed by atoms with E-state index in [0.717, 1.165) is 6.07 Å². The summed E-state index contributed by atoms with van der Waals surface area (Å²) in [6, 6.07) is 11.1. The third-order valence-electron chi connectivity index (χ3n) is 5.65. The first-order chi connectivity index (χ1) is 15.7. The van der Waals surface area contributed by atoms with Crippen LogP contribution in [0, 0.1) is 19.7 Å². The Morgan fingerprint density at radius 1 is 1.03 bits per heavy atom. The van der Waals surface area contributed by atoms with E-state index in [1.165, 1.54) is 36.3 Å². The summed E-state index contributed by atoms with van der Waals surface area (Å²) in [5.74, 6) is -3.91. The number of halogens is 3. The Morgan fingerprint density at radius 3 is 2.31 bits per heavy atom. The van der Waals surface area contributed by atoms with Gasteiger partial charge in [0.05, 0.1) is 29.7 Å². The number of aliphatic hydroxyl groups is 1. The monoisotopic (exact) mass is 495 g/mol. The molecular weight excluding hydrogens is 469 g/mol. The Morgan fingerprint density at radius 2 is 1.71 bits per heavy atom. The van der Waals surface area contributed by atoms with Crippen LogP contribution >= 0.6 is 0 Å². The van der Waals surface area contributed by atoms with Gasteiger partial charge in [-0.3, -0.25) is 9.69 Å². The number of hydrogen-bond acceptors (Lipinski definition) is 5. The second-order valence-electron chi connectivity index (χ2n) is 7.79. The molecule has 11 heteroatoms. The van der Waals surface area contributed by atoms with E-state index < -0.39 is 29.8 Å². The van der Waals surface area contributed by atoms with Crippen molar-refractivity contribution >= 4 is 31.4 Å². The van der Waals surface area contributed by atoms with Gasteiger partial charge in [0.25, 0.3) is 11.8 Å². The predicted octanol–water partition coefficient (Wildman–Crippen LogP) is 0.239. The maximum absolute atomic E-state index is 14.2. The zero-order chi connectivity index (χ0) is 23.9. The van der Waals surface area contributed by atoms with Crippen molar-refractivity contribution < 1.29 is 57.4 Å². The Bertz CT molecular complexity index is 1250. The number of anilines is 3. The number of benzene rings is 2. The quantitative estimate of drug-likeness (QED) is 0.514. The fourth-order valence-corrected chi connectivity index (χ4v) is 3.92. The zero-order valence-electron chi connectivity index (χ0n) is 19.3. The number of aryl methyl sites for hydroxylation is 2. The minimum absolute atomic E-state index is 0. The summed E-state index contributed by atoms with van der Waals surface area (Å²) in [5.41, 5.74) is 2.22. The molecular formula is C24H26BF3N3NaO3. The van der Waals surface area contributed by atoms with E-state index in [9.17, 15) is 18.0 Å². The molecule has 0 saturated carbocycles. The Kier molecular flexibility index (Phi) is 9.05. The predicted molar refractivity (Wildman–Crippen MR) is 129 cm³/mol. The number of aromatic nitrogens is 1. The van der Waals surface area contributed by atoms with Crippen LogP contribution in [-0.4, -0.2) is 44.8 Å². The van der Waals surface area contributed by atoms with E-state index >= 15 is 0 Å². The number of aliphatic hydroxyl groups excluding tert-OH is 1. The number of fused-ring (bicyclic) bond motifs is 1. The summed E-state index contributed by atoms with van der Waals surface area (Å²) in [5, 5.41) is 9.13. The molecule has 1 aliphatic rings. The number of carbonyl (C=O) groups is 1. The van der Waals surface area contributed by atoms with Crippen molar-refractivity contribution in [2.24, 2.45) is 0 Å². The van der Waals surface area contributed by atoms with E-state index in [-0.39, 0.29) is 55.9 Å². The molecule has 0 bridgehead atoms. The average Bonchev–Trinajstić information content (AvgIpc) is 2.80. The van der Waals surface area contributed by atoms with Crippen molar-refractivity contribution in [3.8, 4) is 5.88 Å². The van der Waals surface area contributed by atoms with Gasteiger partial charge >= 0.3 is 29.6 Å². The number of hydrogen-bond donors (Lipinski definition) is 1. The summed E-state index contributed by atoms with van der Waals surface area (Å²) < 4.78 is 47.4. The third kappa shape index (κ3) is 5.35. The maximum Gasteiger partial charge on any atom is 1.00 e. The van der Waals surface area contributed by atoms with Crippen molar-refractivity contribution in [1.29, 1.82) is 0 Å². The minimum atomic E-state index is -3.48. The van der Waals surface area contributed by atoms with Gasteiger partial charge in [-0.25, -0.2) is 9.37 Å². The first kappa shape index (κ1) is 28.7. The molecule has 1 amide bonds. The van der Waals surface area contributed by atoms with Gasteiger partial charge < -0.3 is 14.7 Å². The molecule has 0 radical (unpaired) electrons. The van der Waals surface area contributed by atoms with Gasteiger partial charge in [-0.2, -0.15) is 8.78 Å². The number of carbonyl (C=O) groups excluding carboxylic acids is 1. The van der Waals surface area contributed by atoms with Crippen LogP contribution in [0.4, 0.5) is 30.2 Å². The second-order valence-corrected chi connectivity index (χ2v) is 7.79. The first-order valence-corrected chi connectivity index (χ1v) is 10.2. The Balaban J connectivity index is 0.00000216. The number of amides is 1. The molecule has 0 atom stereocenters. The molecule has 0 spiro atoms. The molecule has 1 N–H and O–H groups in total. The van der Waals surface area contributed by atoms with Crippen LogP contribution in [0.25, 0.3) is 0 Å². The first-order valence-electron chi connectivity index (χ1n) is 10.2. The zero-order valence-corrected chi connectivity index (χ0v) is 21.3. The van der Waals surface area contributed by atoms with Gasteiger partial charge in [-0.15, -0.1) is 0 Å². The molecule has 180 valence electrons. The van der Waals surface area contributed by atoms with E-state index in [0.29, 0.717) is 28.5 Å². The molecule has 3 aromatic rings. The molecule has 0 aliphatic carbocycles. The number of nitrogens with zero attached hydrogens (tertiary/aromatic N) is 3. The van der Waals surface area contributed by atoms with Crippen LogP contribution in [0.1, 0.15) is 27.2 Å². The average molecular weight is 495 g/mol. The van der Waals surface area contributed by atoms with Crippen molar-refractivity contribution in [3.63, 3.8) is 0 Å². The van der Waals surface area contributed by atoms with Gasteiger partial charge in [0.15, 0.2) is 0 Å². The van der Waals surface area contributed by atoms with Crippen LogP contribution in [-0.2, 0) is 5.92 Å². The summed E-state index contributed by atoms with van der Waals surface area (Å²) >= 11 is 0. The van der Waals surface area contributed by atoms with Gasteiger partial charge in [0.1, 0.15) is 19.1 Å². The molecule has 0 saturated heterocycles. The SMILES string of the molecule is COc1ccc(N2CN(c3ccc(F)cc3C)c3cc(C(F)(F)CO)ccc3C2=O)c(C)n1.[BH4-].[Na+]. The standard InChI is InChI=1S/C24H22F3N3O3.BH4.Na/c1-14-10-17(25)5-7-19(14)29-13-30(20-8-9-22(33-3)28-15(20)2)23(32)18-6-4-16(11-21(18)29)24(26,27)12-31;;/h4-11,31H,12-13H2,1-3H3;1H4;/q;-1;+1. The molecule has 1 aromatic heterocycles. The van der Waals surface area contributed by atoms with E-state index in [1.807, 2.05) is 0 Å². The summed E-state index contributed by atoms with van der Waals surface area (Å²) in [7, 11) is 1.49. The topological polar surface area (TPSA) is 65.9 Å². The normalized spacial score (nSPS) is 13.1. The fraction of sp³-hybridized carbons (Fsp3) is 0.250. The van der Waals surface area contributed by atoms with Crippen LogP contribution in [0.3, 0.4) is 0 Å². The van der Waals surface area contributed by atoms with Crippen molar-refractivity contribution in [3.05, 3.63) is 76.7 Å². The largest absolute Gasteiger partial charge is 1.00 e. The van der Waals surface area contributed by atoms with E-state index in [2.05, 4.69) is 4.98 Å². The van der Waals surface area contributed by atoms with Crippen molar-refractivity contribution in [1.82, 2.24) is 4.98 Å². The molecule has 35 heavy (non-hydrogen) atoms. The van der Waals surface area contributed by atoms with Crippen LogP contribution in [0.2, 0.25) is 0 Å². The fourth-order valence-electron chi connectivity index (χ4n) is 3.92. The van der Waals surface area contributed by atoms with Crippen molar-refractivity contribution in [2.45, 2.75) is 19.8 Å². The maximum atomic E-state index is 14.2. The van der Waals surface area contributed by atoms with Crippen LogP contribution in [0.5, 0.6) is 5.88 Å². The minimum Gasteiger partial charge on any atom is -0.481 e. The smallest absolute Gasteiger partial charge is 0.481 e. The molecule has 2 heterocycles. The number of alkyl halides is 2. The number of methoxy groups -OCH3 is 1. The molecule has 0 unspecified atom stereocenters. The van der Waals surface area contributed by atoms with E-state index in [1.54, 1.807) is 36.9 Å². The van der Waals surface area contributed by atoms with Gasteiger partial charge in [0, 0.05) is 17.3 Å². The third-order valence-corrected chi connectivity index (χ3v) is 5.65. The number of ether oxygens (including phenoxy) is 1. The molecule has 6 nitrogen and oxygen atoms in total.